The first kappa shape index (κ1) is 20.4. The molecule has 0 radical (unpaired) electrons. The van der Waals surface area contributed by atoms with Crippen LogP contribution in [-0.2, 0) is 16.0 Å². The molecular formula is C17H26BrClN2O2. The Hall–Kier alpha value is -0.620. The van der Waals surface area contributed by atoms with Crippen LogP contribution in [0.2, 0.25) is 0 Å². The van der Waals surface area contributed by atoms with Crippen LogP contribution in [0.15, 0.2) is 28.7 Å². The van der Waals surface area contributed by atoms with Crippen molar-refractivity contribution in [2.45, 2.75) is 25.3 Å². The minimum absolute atomic E-state index is 0. The summed E-state index contributed by atoms with van der Waals surface area (Å²) in [6, 6.07) is 8.51. The molecule has 23 heavy (non-hydrogen) atoms. The number of hydrogen-bond donors (Lipinski definition) is 1. The predicted molar refractivity (Wildman–Crippen MR) is 99.1 cm³/mol. The highest BCUT2D eigenvalue weighted by atomic mass is 79.9. The summed E-state index contributed by atoms with van der Waals surface area (Å²) < 4.78 is 6.25. The van der Waals surface area contributed by atoms with Gasteiger partial charge in [-0.3, -0.25) is 4.79 Å². The van der Waals surface area contributed by atoms with Crippen LogP contribution in [0.25, 0.3) is 0 Å². The predicted octanol–water partition coefficient (Wildman–Crippen LogP) is 2.89. The molecule has 1 N–H and O–H groups in total. The van der Waals surface area contributed by atoms with Gasteiger partial charge in [-0.15, -0.1) is 12.4 Å². The van der Waals surface area contributed by atoms with E-state index in [-0.39, 0.29) is 24.2 Å². The molecule has 0 spiro atoms. The molecule has 2 rings (SSSR count). The standard InChI is InChI=1S/C17H25BrN2O2.ClH/c1-20(16-6-8-19-12-16)17(21)14(7-9-22-2)10-13-4-3-5-15(18)11-13;/h3-5,11,14,16,19H,6-10,12H2,1-2H3;1H. The van der Waals surface area contributed by atoms with Gasteiger partial charge in [0, 0.05) is 43.7 Å². The van der Waals surface area contributed by atoms with E-state index in [4.69, 9.17) is 4.74 Å². The van der Waals surface area contributed by atoms with E-state index in [9.17, 15) is 4.79 Å². The maximum absolute atomic E-state index is 12.9. The van der Waals surface area contributed by atoms with Crippen LogP contribution in [0.1, 0.15) is 18.4 Å². The summed E-state index contributed by atoms with van der Waals surface area (Å²) in [6.45, 7) is 2.51. The van der Waals surface area contributed by atoms with Crippen LogP contribution in [0, 0.1) is 5.92 Å². The highest BCUT2D eigenvalue weighted by Gasteiger charge is 2.28. The van der Waals surface area contributed by atoms with Crippen LogP contribution in [-0.4, -0.2) is 50.7 Å². The molecule has 1 aliphatic rings. The van der Waals surface area contributed by atoms with Crippen LogP contribution in [0.5, 0.6) is 0 Å². The quantitative estimate of drug-likeness (QED) is 0.758. The topological polar surface area (TPSA) is 41.6 Å². The molecular weight excluding hydrogens is 380 g/mol. The van der Waals surface area contributed by atoms with Crippen LogP contribution < -0.4 is 5.32 Å². The summed E-state index contributed by atoms with van der Waals surface area (Å²) in [5, 5.41) is 3.32. The Labute approximate surface area is 153 Å². The van der Waals surface area contributed by atoms with Gasteiger partial charge < -0.3 is 15.0 Å². The second-order valence-electron chi connectivity index (χ2n) is 5.91. The van der Waals surface area contributed by atoms with Crippen LogP contribution in [0.3, 0.4) is 0 Å². The van der Waals surface area contributed by atoms with E-state index in [1.54, 1.807) is 7.11 Å². The Kier molecular flexibility index (Phi) is 9.14. The van der Waals surface area contributed by atoms with Gasteiger partial charge in [0.25, 0.3) is 0 Å². The Morgan fingerprint density at radius 2 is 2.30 bits per heavy atom. The summed E-state index contributed by atoms with van der Waals surface area (Å²) in [4.78, 5) is 14.8. The van der Waals surface area contributed by atoms with Crippen LogP contribution in [0.4, 0.5) is 0 Å². The van der Waals surface area contributed by atoms with Gasteiger partial charge in [-0.25, -0.2) is 0 Å². The van der Waals surface area contributed by atoms with Crippen molar-refractivity contribution in [3.63, 3.8) is 0 Å². The van der Waals surface area contributed by atoms with Crippen molar-refractivity contribution in [2.75, 3.05) is 33.9 Å². The SMILES string of the molecule is COCCC(Cc1cccc(Br)c1)C(=O)N(C)C1CCNC1.Cl. The fraction of sp³-hybridized carbons (Fsp3) is 0.588. The lowest BCUT2D eigenvalue weighted by atomic mass is 9.94. The molecule has 1 aromatic carbocycles. The van der Waals surface area contributed by atoms with Crippen molar-refractivity contribution in [2.24, 2.45) is 5.92 Å². The monoisotopic (exact) mass is 404 g/mol. The second kappa shape index (κ2) is 10.3. The number of hydrogen-bond acceptors (Lipinski definition) is 3. The lowest BCUT2D eigenvalue weighted by Crippen LogP contribution is -2.42. The van der Waals surface area contributed by atoms with E-state index in [2.05, 4.69) is 33.4 Å². The van der Waals surface area contributed by atoms with Gasteiger partial charge in [-0.05, 0) is 43.5 Å². The number of amides is 1. The van der Waals surface area contributed by atoms with Crippen molar-refractivity contribution in [1.29, 1.82) is 0 Å². The third kappa shape index (κ3) is 6.07. The summed E-state index contributed by atoms with van der Waals surface area (Å²) in [6.07, 6.45) is 2.55. The summed E-state index contributed by atoms with van der Waals surface area (Å²) in [5.41, 5.74) is 1.18. The molecule has 6 heteroatoms. The largest absolute Gasteiger partial charge is 0.385 e. The molecule has 130 valence electrons. The first-order valence-electron chi connectivity index (χ1n) is 7.82. The molecule has 0 aromatic heterocycles. The molecule has 0 bridgehead atoms. The van der Waals surface area contributed by atoms with E-state index in [1.807, 2.05) is 24.1 Å². The number of nitrogens with zero attached hydrogens (tertiary/aromatic N) is 1. The average molecular weight is 406 g/mol. The van der Waals surface area contributed by atoms with Crippen molar-refractivity contribution in [1.82, 2.24) is 10.2 Å². The molecule has 2 unspecified atom stereocenters. The molecule has 1 heterocycles. The highest BCUT2D eigenvalue weighted by molar-refractivity contribution is 9.10. The van der Waals surface area contributed by atoms with Gasteiger partial charge in [-0.2, -0.15) is 0 Å². The summed E-state index contributed by atoms with van der Waals surface area (Å²) in [7, 11) is 3.62. The number of carbonyl (C=O) groups excluding carboxylic acids is 1. The number of methoxy groups -OCH3 is 1. The lowest BCUT2D eigenvalue weighted by Gasteiger charge is -2.28. The van der Waals surface area contributed by atoms with Gasteiger partial charge in [0.2, 0.25) is 5.91 Å². The highest BCUT2D eigenvalue weighted by Crippen LogP contribution is 2.20. The molecule has 0 saturated carbocycles. The number of likely N-dealkylation sites (N-methyl/N-ethyl adjacent to an activating group) is 1. The average Bonchev–Trinajstić information content (AvgIpc) is 3.04. The number of nitrogens with one attached hydrogen (secondary N) is 1. The van der Waals surface area contributed by atoms with Gasteiger partial charge in [0.15, 0.2) is 0 Å². The van der Waals surface area contributed by atoms with Crippen molar-refractivity contribution >= 4 is 34.2 Å². The van der Waals surface area contributed by atoms with E-state index in [0.717, 1.165) is 36.8 Å². The van der Waals surface area contributed by atoms with Gasteiger partial charge in [0.1, 0.15) is 0 Å². The first-order chi connectivity index (χ1) is 10.6. The first-order valence-corrected chi connectivity index (χ1v) is 8.62. The smallest absolute Gasteiger partial charge is 0.226 e. The van der Waals surface area contributed by atoms with Gasteiger partial charge in [-0.1, -0.05) is 28.1 Å². The molecule has 2 atom stereocenters. The number of rotatable bonds is 7. The molecule has 0 aliphatic carbocycles. The van der Waals surface area contributed by atoms with E-state index >= 15 is 0 Å². The van der Waals surface area contributed by atoms with E-state index < -0.39 is 0 Å². The minimum Gasteiger partial charge on any atom is -0.385 e. The molecule has 4 nitrogen and oxygen atoms in total. The van der Waals surface area contributed by atoms with Crippen molar-refractivity contribution in [3.05, 3.63) is 34.3 Å². The zero-order chi connectivity index (χ0) is 15.9. The molecule has 1 amide bonds. The third-order valence-electron chi connectivity index (χ3n) is 4.32. The molecule has 1 aliphatic heterocycles. The third-order valence-corrected chi connectivity index (χ3v) is 4.81. The number of benzene rings is 1. The normalized spacial score (nSPS) is 18.3. The van der Waals surface area contributed by atoms with Crippen molar-refractivity contribution < 1.29 is 9.53 Å². The van der Waals surface area contributed by atoms with Crippen LogP contribution >= 0.6 is 28.3 Å². The second-order valence-corrected chi connectivity index (χ2v) is 6.82. The van der Waals surface area contributed by atoms with E-state index in [0.29, 0.717) is 12.6 Å². The minimum atomic E-state index is -0.0279. The fourth-order valence-electron chi connectivity index (χ4n) is 2.96. The zero-order valence-electron chi connectivity index (χ0n) is 13.8. The maximum atomic E-state index is 12.9. The van der Waals surface area contributed by atoms with Gasteiger partial charge >= 0.3 is 0 Å². The Morgan fingerprint density at radius 1 is 1.52 bits per heavy atom. The number of halogens is 2. The lowest BCUT2D eigenvalue weighted by molar-refractivity contribution is -0.136. The Balaban J connectivity index is 0.00000264. The fourth-order valence-corrected chi connectivity index (χ4v) is 3.41. The maximum Gasteiger partial charge on any atom is 0.226 e. The zero-order valence-corrected chi connectivity index (χ0v) is 16.2. The number of ether oxygens (including phenoxy) is 1. The Bertz CT molecular complexity index is 495. The van der Waals surface area contributed by atoms with Crippen molar-refractivity contribution in [3.8, 4) is 0 Å². The summed E-state index contributed by atoms with van der Waals surface area (Å²) in [5.74, 6) is 0.200. The molecule has 1 saturated heterocycles. The van der Waals surface area contributed by atoms with E-state index in [1.165, 1.54) is 5.56 Å². The molecule has 1 fully saturated rings. The Morgan fingerprint density at radius 3 is 2.91 bits per heavy atom. The summed E-state index contributed by atoms with van der Waals surface area (Å²) >= 11 is 3.50. The molecule has 1 aromatic rings. The number of carbonyl (C=O) groups is 1. The van der Waals surface area contributed by atoms with Gasteiger partial charge in [0.05, 0.1) is 0 Å².